The molecular weight excluding hydrogens is 306 g/mol. The lowest BCUT2D eigenvalue weighted by atomic mass is 10.1. The maximum Gasteiger partial charge on any atom is 0.254 e. The Labute approximate surface area is 138 Å². The first-order chi connectivity index (χ1) is 11.7. The predicted octanol–water partition coefficient (Wildman–Crippen LogP) is 1.88. The summed E-state index contributed by atoms with van der Waals surface area (Å²) < 4.78 is 5.76. The largest absolute Gasteiger partial charge is 0.367 e. The number of hydrogen-bond acceptors (Lipinski definition) is 5. The molecule has 2 aromatic heterocycles. The number of benzene rings is 1. The van der Waals surface area contributed by atoms with E-state index in [1.807, 2.05) is 25.1 Å². The number of fused-ring (bicyclic) bond motifs is 1. The Morgan fingerprint density at radius 1 is 1.33 bits per heavy atom. The van der Waals surface area contributed by atoms with Crippen LogP contribution in [0.25, 0.3) is 11.0 Å². The number of nitrogens with one attached hydrogen (secondary N) is 1. The fourth-order valence-corrected chi connectivity index (χ4v) is 2.86. The quantitative estimate of drug-likeness (QED) is 0.778. The van der Waals surface area contributed by atoms with Crippen molar-refractivity contribution in [2.75, 3.05) is 19.7 Å². The monoisotopic (exact) mass is 323 g/mol. The van der Waals surface area contributed by atoms with Gasteiger partial charge in [0.1, 0.15) is 6.10 Å². The Morgan fingerprint density at radius 3 is 3.12 bits per heavy atom. The number of aromatic nitrogens is 4. The van der Waals surface area contributed by atoms with E-state index in [2.05, 4.69) is 19.9 Å². The fraction of sp³-hybridized carbons (Fsp3) is 0.294. The summed E-state index contributed by atoms with van der Waals surface area (Å²) in [5.41, 5.74) is 3.22. The van der Waals surface area contributed by atoms with Crippen LogP contribution in [-0.4, -0.2) is 50.4 Å². The topological polar surface area (TPSA) is 84.0 Å². The summed E-state index contributed by atoms with van der Waals surface area (Å²) in [6.07, 6.45) is 3.05. The molecule has 1 aromatic carbocycles. The molecule has 3 heterocycles. The summed E-state index contributed by atoms with van der Waals surface area (Å²) in [5, 5.41) is 0. The standard InChI is InChI=1S/C17H17N5O2/c1-11-4-5-18-16(21-11)15-9-22(6-7-24-15)17(23)12-2-3-13-14(8-12)20-10-19-13/h2-5,8,10,15H,6-7,9H2,1H3,(H,19,20). The van der Waals surface area contributed by atoms with Crippen molar-refractivity contribution in [3.8, 4) is 0 Å². The second kappa shape index (κ2) is 6.01. The molecule has 0 bridgehead atoms. The number of nitrogens with zero attached hydrogens (tertiary/aromatic N) is 4. The van der Waals surface area contributed by atoms with Gasteiger partial charge in [-0.05, 0) is 31.2 Å². The number of H-pyrrole nitrogens is 1. The molecule has 0 aliphatic carbocycles. The van der Waals surface area contributed by atoms with E-state index < -0.39 is 0 Å². The first kappa shape index (κ1) is 14.8. The number of ether oxygens (including phenoxy) is 1. The van der Waals surface area contributed by atoms with Gasteiger partial charge in [-0.15, -0.1) is 0 Å². The van der Waals surface area contributed by atoms with Gasteiger partial charge in [0.25, 0.3) is 5.91 Å². The average molecular weight is 323 g/mol. The van der Waals surface area contributed by atoms with Crippen molar-refractivity contribution in [1.29, 1.82) is 0 Å². The summed E-state index contributed by atoms with van der Waals surface area (Å²) >= 11 is 0. The zero-order chi connectivity index (χ0) is 16.5. The van der Waals surface area contributed by atoms with Crippen LogP contribution in [0.5, 0.6) is 0 Å². The summed E-state index contributed by atoms with van der Waals surface area (Å²) in [6, 6.07) is 7.33. The molecule has 122 valence electrons. The third-order valence-corrected chi connectivity index (χ3v) is 4.12. The van der Waals surface area contributed by atoms with E-state index in [0.29, 0.717) is 31.1 Å². The number of carbonyl (C=O) groups excluding carboxylic acids is 1. The number of hydrogen-bond donors (Lipinski definition) is 1. The average Bonchev–Trinajstić information content (AvgIpc) is 3.09. The molecule has 4 rings (SSSR count). The Hall–Kier alpha value is -2.80. The molecule has 1 N–H and O–H groups in total. The molecule has 0 saturated carbocycles. The molecule has 1 amide bonds. The van der Waals surface area contributed by atoms with Gasteiger partial charge >= 0.3 is 0 Å². The molecule has 1 unspecified atom stereocenters. The van der Waals surface area contributed by atoms with Gasteiger partial charge in [-0.3, -0.25) is 4.79 Å². The van der Waals surface area contributed by atoms with Gasteiger partial charge in [-0.1, -0.05) is 0 Å². The molecule has 7 nitrogen and oxygen atoms in total. The van der Waals surface area contributed by atoms with Gasteiger partial charge in [0.15, 0.2) is 5.82 Å². The van der Waals surface area contributed by atoms with Crippen LogP contribution in [0.2, 0.25) is 0 Å². The van der Waals surface area contributed by atoms with Crippen molar-refractivity contribution in [1.82, 2.24) is 24.8 Å². The van der Waals surface area contributed by atoms with Crippen molar-refractivity contribution < 1.29 is 9.53 Å². The summed E-state index contributed by atoms with van der Waals surface area (Å²) in [5.74, 6) is 0.601. The van der Waals surface area contributed by atoms with Gasteiger partial charge in [-0.2, -0.15) is 0 Å². The number of imidazole rings is 1. The molecule has 1 atom stereocenters. The molecule has 1 aliphatic rings. The van der Waals surface area contributed by atoms with Crippen LogP contribution in [0.1, 0.15) is 28.0 Å². The van der Waals surface area contributed by atoms with Gasteiger partial charge in [-0.25, -0.2) is 15.0 Å². The van der Waals surface area contributed by atoms with E-state index in [-0.39, 0.29) is 12.0 Å². The molecule has 7 heteroatoms. The minimum atomic E-state index is -0.293. The Bertz CT molecular complexity index is 891. The number of carbonyl (C=O) groups is 1. The van der Waals surface area contributed by atoms with Crippen molar-refractivity contribution in [2.45, 2.75) is 13.0 Å². The third kappa shape index (κ3) is 2.74. The SMILES string of the molecule is Cc1ccnc(C2CN(C(=O)c3ccc4nc[nH]c4c3)CCO2)n1. The summed E-state index contributed by atoms with van der Waals surface area (Å²) in [4.78, 5) is 30.5. The minimum Gasteiger partial charge on any atom is -0.367 e. The van der Waals surface area contributed by atoms with Crippen LogP contribution in [0, 0.1) is 6.92 Å². The zero-order valence-corrected chi connectivity index (χ0v) is 13.3. The summed E-state index contributed by atoms with van der Waals surface area (Å²) in [7, 11) is 0. The zero-order valence-electron chi connectivity index (χ0n) is 13.3. The normalized spacial score (nSPS) is 18.0. The maximum absolute atomic E-state index is 12.8. The molecule has 0 spiro atoms. The van der Waals surface area contributed by atoms with E-state index in [1.165, 1.54) is 0 Å². The maximum atomic E-state index is 12.8. The Morgan fingerprint density at radius 2 is 2.25 bits per heavy atom. The van der Waals surface area contributed by atoms with Crippen molar-refractivity contribution in [3.63, 3.8) is 0 Å². The Kier molecular flexibility index (Phi) is 3.70. The number of amides is 1. The molecular formula is C17H17N5O2. The van der Waals surface area contributed by atoms with Crippen LogP contribution in [0.15, 0.2) is 36.8 Å². The lowest BCUT2D eigenvalue weighted by Crippen LogP contribution is -2.42. The number of rotatable bonds is 2. The molecule has 24 heavy (non-hydrogen) atoms. The highest BCUT2D eigenvalue weighted by molar-refractivity contribution is 5.97. The number of aryl methyl sites for hydroxylation is 1. The second-order valence-corrected chi connectivity index (χ2v) is 5.80. The fourth-order valence-electron chi connectivity index (χ4n) is 2.86. The smallest absolute Gasteiger partial charge is 0.254 e. The van der Waals surface area contributed by atoms with E-state index in [1.54, 1.807) is 23.5 Å². The molecule has 3 aromatic rings. The minimum absolute atomic E-state index is 0.0209. The molecule has 1 saturated heterocycles. The van der Waals surface area contributed by atoms with Crippen LogP contribution in [0.4, 0.5) is 0 Å². The molecule has 0 radical (unpaired) electrons. The van der Waals surface area contributed by atoms with Gasteiger partial charge in [0, 0.05) is 24.0 Å². The highest BCUT2D eigenvalue weighted by Crippen LogP contribution is 2.21. The highest BCUT2D eigenvalue weighted by atomic mass is 16.5. The van der Waals surface area contributed by atoms with E-state index in [4.69, 9.17) is 4.74 Å². The second-order valence-electron chi connectivity index (χ2n) is 5.80. The van der Waals surface area contributed by atoms with Gasteiger partial charge in [0.2, 0.25) is 0 Å². The van der Waals surface area contributed by atoms with Gasteiger partial charge < -0.3 is 14.6 Å². The first-order valence-corrected chi connectivity index (χ1v) is 7.84. The van der Waals surface area contributed by atoms with E-state index >= 15 is 0 Å². The van der Waals surface area contributed by atoms with Crippen LogP contribution >= 0.6 is 0 Å². The number of morpholine rings is 1. The highest BCUT2D eigenvalue weighted by Gasteiger charge is 2.28. The van der Waals surface area contributed by atoms with Crippen molar-refractivity contribution in [3.05, 3.63) is 53.9 Å². The Balaban J connectivity index is 1.55. The van der Waals surface area contributed by atoms with E-state index in [0.717, 1.165) is 16.7 Å². The predicted molar refractivity (Wildman–Crippen MR) is 87.5 cm³/mol. The van der Waals surface area contributed by atoms with Gasteiger partial charge in [0.05, 0.1) is 30.5 Å². The number of aromatic amines is 1. The lowest BCUT2D eigenvalue weighted by molar-refractivity contribution is -0.0268. The van der Waals surface area contributed by atoms with Crippen molar-refractivity contribution in [2.24, 2.45) is 0 Å². The van der Waals surface area contributed by atoms with Crippen LogP contribution < -0.4 is 0 Å². The molecule has 1 fully saturated rings. The molecule has 1 aliphatic heterocycles. The van der Waals surface area contributed by atoms with Crippen molar-refractivity contribution >= 4 is 16.9 Å². The third-order valence-electron chi connectivity index (χ3n) is 4.12. The lowest BCUT2D eigenvalue weighted by Gasteiger charge is -2.32. The van der Waals surface area contributed by atoms with Crippen LogP contribution in [-0.2, 0) is 4.74 Å². The van der Waals surface area contributed by atoms with E-state index in [9.17, 15) is 4.79 Å². The first-order valence-electron chi connectivity index (χ1n) is 7.84. The van der Waals surface area contributed by atoms with Crippen LogP contribution in [0.3, 0.4) is 0 Å². The summed E-state index contributed by atoms with van der Waals surface area (Å²) in [6.45, 7) is 3.39.